The maximum atomic E-state index is 13.4. The summed E-state index contributed by atoms with van der Waals surface area (Å²) in [6, 6.07) is 5.48. The molecule has 5 rings (SSSR count). The standard InChI is InChI=1S/C25H29N7O2S2/c1-13-19(8-6-16(11-26)29-13)32(25(35)31-27)17-7-9-20-18(10-17)21(23(34)28-12-14-2-3-14)24(36-20)30-22(33)15-4-5-15/h6,8,14-15,17H,2-5,7,9-10,12,27H2,1H3,(H,28,34)(H,30,33)(H,31,35)/t17-/m0/s1. The van der Waals surface area contributed by atoms with Crippen LogP contribution in [0.15, 0.2) is 12.1 Å². The summed E-state index contributed by atoms with van der Waals surface area (Å²) in [4.78, 5) is 33.4. The molecule has 0 radical (unpaired) electrons. The average Bonchev–Trinajstić information content (AvgIpc) is 3.80. The van der Waals surface area contributed by atoms with E-state index in [2.05, 4.69) is 27.1 Å². The van der Waals surface area contributed by atoms with Gasteiger partial charge in [0.1, 0.15) is 16.8 Å². The fourth-order valence-corrected chi connectivity index (χ4v) is 6.22. The molecule has 36 heavy (non-hydrogen) atoms. The molecule has 1 atom stereocenters. The number of nitrogens with zero attached hydrogens (tertiary/aromatic N) is 3. The minimum absolute atomic E-state index is 0.00388. The molecule has 2 saturated carbocycles. The van der Waals surface area contributed by atoms with Gasteiger partial charge in [0.2, 0.25) is 5.91 Å². The number of thiocarbonyl (C=S) groups is 1. The van der Waals surface area contributed by atoms with E-state index in [1.165, 1.54) is 11.3 Å². The molecule has 9 nitrogen and oxygen atoms in total. The number of carbonyl (C=O) groups excluding carboxylic acids is 2. The monoisotopic (exact) mass is 523 g/mol. The number of amides is 2. The first-order valence-corrected chi connectivity index (χ1v) is 13.5. The van der Waals surface area contributed by atoms with Gasteiger partial charge in [-0.05, 0) is 87.7 Å². The van der Waals surface area contributed by atoms with Crippen molar-refractivity contribution in [2.75, 3.05) is 16.8 Å². The summed E-state index contributed by atoms with van der Waals surface area (Å²) in [6.07, 6.45) is 6.20. The number of thiophene rings is 1. The Morgan fingerprint density at radius 2 is 2.06 bits per heavy atom. The number of nitriles is 1. The molecule has 0 spiro atoms. The third kappa shape index (κ3) is 5.07. The lowest BCUT2D eigenvalue weighted by Crippen LogP contribution is -2.51. The molecule has 0 bridgehead atoms. The summed E-state index contributed by atoms with van der Waals surface area (Å²) in [7, 11) is 0. The van der Waals surface area contributed by atoms with E-state index in [0.717, 1.165) is 54.7 Å². The number of rotatable bonds is 7. The van der Waals surface area contributed by atoms with Gasteiger partial charge in [0.25, 0.3) is 5.91 Å². The van der Waals surface area contributed by atoms with Crippen LogP contribution in [-0.4, -0.2) is 34.5 Å². The van der Waals surface area contributed by atoms with Gasteiger partial charge < -0.3 is 21.0 Å². The van der Waals surface area contributed by atoms with Crippen LogP contribution < -0.4 is 26.8 Å². The number of hydrogen-bond donors (Lipinski definition) is 4. The van der Waals surface area contributed by atoms with E-state index in [1.807, 2.05) is 17.9 Å². The van der Waals surface area contributed by atoms with Crippen molar-refractivity contribution in [1.29, 1.82) is 5.26 Å². The van der Waals surface area contributed by atoms with Crippen LogP contribution in [-0.2, 0) is 17.6 Å². The Morgan fingerprint density at radius 3 is 2.69 bits per heavy atom. The quantitative estimate of drug-likeness (QED) is 0.247. The van der Waals surface area contributed by atoms with Crippen LogP contribution in [0.2, 0.25) is 0 Å². The van der Waals surface area contributed by atoms with Crippen molar-refractivity contribution in [3.63, 3.8) is 0 Å². The van der Waals surface area contributed by atoms with Crippen LogP contribution in [0.25, 0.3) is 0 Å². The minimum atomic E-state index is -0.131. The Bertz CT molecular complexity index is 1260. The molecule has 11 heteroatoms. The first-order valence-electron chi connectivity index (χ1n) is 12.3. The first kappa shape index (κ1) is 24.6. The largest absolute Gasteiger partial charge is 0.352 e. The van der Waals surface area contributed by atoms with E-state index >= 15 is 0 Å². The molecule has 2 heterocycles. The third-order valence-corrected chi connectivity index (χ3v) is 8.56. The number of fused-ring (bicyclic) bond motifs is 1. The van der Waals surface area contributed by atoms with E-state index in [1.54, 1.807) is 6.07 Å². The number of aryl methyl sites for hydroxylation is 2. The Balaban J connectivity index is 1.47. The molecular weight excluding hydrogens is 494 g/mol. The molecule has 188 valence electrons. The molecule has 0 saturated heterocycles. The molecular formula is C25H29N7O2S2. The third-order valence-electron chi connectivity index (χ3n) is 7.03. The van der Waals surface area contributed by atoms with Crippen molar-refractivity contribution < 1.29 is 9.59 Å². The van der Waals surface area contributed by atoms with Gasteiger partial charge in [0.15, 0.2) is 5.11 Å². The summed E-state index contributed by atoms with van der Waals surface area (Å²) in [5.41, 5.74) is 5.90. The van der Waals surface area contributed by atoms with Crippen molar-refractivity contribution in [1.82, 2.24) is 15.7 Å². The van der Waals surface area contributed by atoms with Crippen molar-refractivity contribution in [3.05, 3.63) is 39.5 Å². The lowest BCUT2D eigenvalue weighted by Gasteiger charge is -2.36. The molecule has 2 amide bonds. The highest BCUT2D eigenvalue weighted by Crippen LogP contribution is 2.41. The normalized spacial score (nSPS) is 18.5. The number of hydrazine groups is 1. The highest BCUT2D eigenvalue weighted by molar-refractivity contribution is 7.80. The number of anilines is 2. The second-order valence-corrected chi connectivity index (χ2v) is 11.2. The van der Waals surface area contributed by atoms with Gasteiger partial charge in [0, 0.05) is 23.4 Å². The zero-order chi connectivity index (χ0) is 25.4. The number of aromatic nitrogens is 1. The Labute approximate surface area is 219 Å². The zero-order valence-electron chi connectivity index (χ0n) is 20.1. The van der Waals surface area contributed by atoms with E-state index in [4.69, 9.17) is 18.1 Å². The number of hydrogen-bond acceptors (Lipinski definition) is 7. The molecule has 2 aromatic heterocycles. The highest BCUT2D eigenvalue weighted by Gasteiger charge is 2.36. The zero-order valence-corrected chi connectivity index (χ0v) is 21.7. The summed E-state index contributed by atoms with van der Waals surface area (Å²) < 4.78 is 0. The van der Waals surface area contributed by atoms with Crippen LogP contribution in [0.1, 0.15) is 64.3 Å². The highest BCUT2D eigenvalue weighted by atomic mass is 32.1. The lowest BCUT2D eigenvalue weighted by molar-refractivity contribution is -0.117. The van der Waals surface area contributed by atoms with Crippen LogP contribution in [0.3, 0.4) is 0 Å². The number of nitrogens with two attached hydrogens (primary N) is 1. The molecule has 3 aliphatic rings. The molecule has 0 aliphatic heterocycles. The van der Waals surface area contributed by atoms with Crippen molar-refractivity contribution in [3.8, 4) is 6.07 Å². The van der Waals surface area contributed by atoms with E-state index in [9.17, 15) is 14.9 Å². The van der Waals surface area contributed by atoms with Gasteiger partial charge in [0.05, 0.1) is 16.9 Å². The number of pyridine rings is 1. The van der Waals surface area contributed by atoms with Crippen LogP contribution in [0.4, 0.5) is 10.7 Å². The molecule has 2 fully saturated rings. The maximum absolute atomic E-state index is 13.4. The molecule has 0 aromatic carbocycles. The van der Waals surface area contributed by atoms with Crippen LogP contribution in [0.5, 0.6) is 0 Å². The lowest BCUT2D eigenvalue weighted by atomic mass is 9.89. The van der Waals surface area contributed by atoms with Crippen molar-refractivity contribution >= 4 is 51.2 Å². The average molecular weight is 524 g/mol. The van der Waals surface area contributed by atoms with Gasteiger partial charge in [-0.3, -0.25) is 9.59 Å². The van der Waals surface area contributed by atoms with Crippen molar-refractivity contribution in [2.45, 2.75) is 57.9 Å². The fourth-order valence-electron chi connectivity index (χ4n) is 4.73. The predicted octanol–water partition coefficient (Wildman–Crippen LogP) is 2.92. The second-order valence-electron chi connectivity index (χ2n) is 9.75. The van der Waals surface area contributed by atoms with Gasteiger partial charge in [-0.15, -0.1) is 11.3 Å². The maximum Gasteiger partial charge on any atom is 0.254 e. The predicted molar refractivity (Wildman–Crippen MR) is 143 cm³/mol. The fraction of sp³-hybridized carbons (Fsp3) is 0.480. The van der Waals surface area contributed by atoms with Crippen LogP contribution >= 0.6 is 23.6 Å². The SMILES string of the molecule is Cc1nc(C#N)ccc1N(C(=S)NN)[C@H]1CCc2sc(NC(=O)C3CC3)c(C(=O)NCC3CC3)c2C1. The van der Waals surface area contributed by atoms with E-state index in [-0.39, 0.29) is 23.8 Å². The topological polar surface area (TPSA) is 136 Å². The van der Waals surface area contributed by atoms with Gasteiger partial charge in [-0.25, -0.2) is 10.8 Å². The molecule has 0 unspecified atom stereocenters. The number of carbonyl (C=O) groups is 2. The van der Waals surface area contributed by atoms with Gasteiger partial charge in [-0.2, -0.15) is 5.26 Å². The summed E-state index contributed by atoms with van der Waals surface area (Å²) in [5, 5.41) is 16.4. The summed E-state index contributed by atoms with van der Waals surface area (Å²) in [6.45, 7) is 2.50. The smallest absolute Gasteiger partial charge is 0.254 e. The van der Waals surface area contributed by atoms with E-state index < -0.39 is 0 Å². The second kappa shape index (κ2) is 10.1. The summed E-state index contributed by atoms with van der Waals surface area (Å²) >= 11 is 7.09. The Morgan fingerprint density at radius 1 is 1.28 bits per heavy atom. The van der Waals surface area contributed by atoms with E-state index in [0.29, 0.717) is 45.9 Å². The Kier molecular flexibility index (Phi) is 6.92. The van der Waals surface area contributed by atoms with Crippen molar-refractivity contribution in [2.24, 2.45) is 17.7 Å². The molecule has 5 N–H and O–H groups in total. The van der Waals surface area contributed by atoms with Crippen LogP contribution in [0, 0.1) is 30.1 Å². The summed E-state index contributed by atoms with van der Waals surface area (Å²) in [5.74, 6) is 6.22. The van der Waals surface area contributed by atoms with Gasteiger partial charge in [-0.1, -0.05) is 0 Å². The Hall–Kier alpha value is -3.07. The number of nitrogens with one attached hydrogen (secondary N) is 3. The molecule has 3 aliphatic carbocycles. The molecule has 2 aromatic rings. The van der Waals surface area contributed by atoms with Gasteiger partial charge >= 0.3 is 0 Å². The minimum Gasteiger partial charge on any atom is -0.352 e. The first-order chi connectivity index (χ1) is 17.4.